The van der Waals surface area contributed by atoms with E-state index in [1.165, 1.54) is 23.2 Å². The van der Waals surface area contributed by atoms with Crippen LogP contribution in [0.1, 0.15) is 47.9 Å². The van der Waals surface area contributed by atoms with Gasteiger partial charge in [-0.3, -0.25) is 10.1 Å². The van der Waals surface area contributed by atoms with Crippen molar-refractivity contribution in [2.45, 2.75) is 33.1 Å². The summed E-state index contributed by atoms with van der Waals surface area (Å²) in [4.78, 5) is 16.7. The molecule has 0 saturated carbocycles. The Morgan fingerprint density at radius 3 is 2.67 bits per heavy atom. The van der Waals surface area contributed by atoms with Gasteiger partial charge in [0.05, 0.1) is 17.5 Å². The van der Waals surface area contributed by atoms with Crippen LogP contribution in [0.3, 0.4) is 0 Å². The molecule has 2 aromatic heterocycles. The van der Waals surface area contributed by atoms with Crippen molar-refractivity contribution < 1.29 is 9.21 Å². The third-order valence-corrected chi connectivity index (χ3v) is 4.97. The molecule has 1 aromatic carbocycles. The van der Waals surface area contributed by atoms with E-state index in [9.17, 15) is 4.79 Å². The van der Waals surface area contributed by atoms with Gasteiger partial charge >= 0.3 is 0 Å². The van der Waals surface area contributed by atoms with Crippen LogP contribution >= 0.6 is 11.3 Å². The quantitative estimate of drug-likeness (QED) is 0.669. The van der Waals surface area contributed by atoms with Crippen LogP contribution in [0.2, 0.25) is 0 Å². The van der Waals surface area contributed by atoms with Gasteiger partial charge in [0.25, 0.3) is 5.91 Å². The highest BCUT2D eigenvalue weighted by Crippen LogP contribution is 2.27. The number of carbonyl (C=O) groups excluding carboxylic acids is 1. The lowest BCUT2D eigenvalue weighted by Gasteiger charge is -2.08. The van der Waals surface area contributed by atoms with E-state index in [0.29, 0.717) is 22.4 Å². The zero-order chi connectivity index (χ0) is 17.1. The van der Waals surface area contributed by atoms with Crippen LogP contribution in [0, 0.1) is 6.92 Å². The fraction of sp³-hybridized carbons (Fsp3) is 0.263. The van der Waals surface area contributed by atoms with Crippen LogP contribution < -0.4 is 5.32 Å². The van der Waals surface area contributed by atoms with Crippen molar-refractivity contribution >= 4 is 22.4 Å². The molecule has 3 aromatic rings. The van der Waals surface area contributed by atoms with Crippen molar-refractivity contribution in [2.75, 3.05) is 5.32 Å². The second-order valence-corrected chi connectivity index (χ2v) is 6.67. The van der Waals surface area contributed by atoms with Gasteiger partial charge in [0.2, 0.25) is 0 Å². The molecule has 4 nitrogen and oxygen atoms in total. The highest BCUT2D eigenvalue weighted by atomic mass is 32.1. The lowest BCUT2D eigenvalue weighted by molar-refractivity contribution is 0.102. The minimum atomic E-state index is -0.200. The molecule has 0 aliphatic carbocycles. The second kappa shape index (κ2) is 7.01. The summed E-state index contributed by atoms with van der Waals surface area (Å²) in [6.45, 7) is 6.18. The van der Waals surface area contributed by atoms with Crippen LogP contribution in [0.4, 0.5) is 5.13 Å². The van der Waals surface area contributed by atoms with E-state index < -0.39 is 0 Å². The zero-order valence-electron chi connectivity index (χ0n) is 14.0. The maximum atomic E-state index is 12.2. The van der Waals surface area contributed by atoms with Gasteiger partial charge in [-0.25, -0.2) is 4.98 Å². The van der Waals surface area contributed by atoms with Crippen molar-refractivity contribution in [1.82, 2.24) is 4.98 Å². The Bertz CT molecular complexity index is 833. The van der Waals surface area contributed by atoms with E-state index in [2.05, 4.69) is 48.4 Å². The summed E-state index contributed by atoms with van der Waals surface area (Å²) < 4.78 is 5.16. The Morgan fingerprint density at radius 1 is 1.29 bits per heavy atom. The molecule has 1 N–H and O–H groups in total. The molecule has 2 heterocycles. The Balaban J connectivity index is 1.73. The van der Waals surface area contributed by atoms with E-state index >= 15 is 0 Å². The molecular weight excluding hydrogens is 320 g/mol. The van der Waals surface area contributed by atoms with Crippen molar-refractivity contribution in [3.05, 3.63) is 58.9 Å². The van der Waals surface area contributed by atoms with Gasteiger partial charge in [-0.2, -0.15) is 0 Å². The first-order chi connectivity index (χ1) is 11.6. The molecule has 0 bridgehead atoms. The summed E-state index contributed by atoms with van der Waals surface area (Å²) >= 11 is 1.42. The van der Waals surface area contributed by atoms with E-state index in [-0.39, 0.29) is 5.91 Å². The number of furan rings is 1. The van der Waals surface area contributed by atoms with Crippen LogP contribution in [0.5, 0.6) is 0 Å². The average Bonchev–Trinajstić information content (AvgIpc) is 3.23. The first kappa shape index (κ1) is 16.5. The third-order valence-electron chi connectivity index (χ3n) is 4.22. The molecule has 1 amide bonds. The minimum absolute atomic E-state index is 0.200. The van der Waals surface area contributed by atoms with E-state index in [1.54, 1.807) is 13.0 Å². The molecule has 24 heavy (non-hydrogen) atoms. The van der Waals surface area contributed by atoms with Crippen LogP contribution in [0.25, 0.3) is 11.3 Å². The SMILES string of the molecule is CC[C@H](C)c1ccc(-c2csc(NC(=O)c3ccoc3C)n2)cc1. The van der Waals surface area contributed by atoms with Crippen LogP contribution in [-0.2, 0) is 0 Å². The first-order valence-electron chi connectivity index (χ1n) is 7.99. The fourth-order valence-corrected chi connectivity index (χ4v) is 3.18. The Morgan fingerprint density at radius 2 is 2.04 bits per heavy atom. The number of nitrogens with one attached hydrogen (secondary N) is 1. The monoisotopic (exact) mass is 340 g/mol. The van der Waals surface area contributed by atoms with Gasteiger partial charge in [0.15, 0.2) is 5.13 Å². The van der Waals surface area contributed by atoms with Gasteiger partial charge in [0.1, 0.15) is 5.76 Å². The number of aromatic nitrogens is 1. The fourth-order valence-electron chi connectivity index (χ4n) is 2.47. The Kier molecular flexibility index (Phi) is 4.81. The predicted octanol–water partition coefficient (Wildman–Crippen LogP) is 5.48. The van der Waals surface area contributed by atoms with Crippen molar-refractivity contribution in [3.8, 4) is 11.3 Å². The van der Waals surface area contributed by atoms with Gasteiger partial charge in [0, 0.05) is 10.9 Å². The maximum absolute atomic E-state index is 12.2. The second-order valence-electron chi connectivity index (χ2n) is 5.81. The lowest BCUT2D eigenvalue weighted by Crippen LogP contribution is -2.11. The summed E-state index contributed by atoms with van der Waals surface area (Å²) in [5.74, 6) is 0.960. The van der Waals surface area contributed by atoms with Gasteiger partial charge in [-0.1, -0.05) is 38.1 Å². The van der Waals surface area contributed by atoms with Crippen LogP contribution in [-0.4, -0.2) is 10.9 Å². The normalized spacial score (nSPS) is 12.1. The summed E-state index contributed by atoms with van der Waals surface area (Å²) in [6.07, 6.45) is 2.63. The molecule has 0 aliphatic heterocycles. The van der Waals surface area contributed by atoms with Gasteiger partial charge < -0.3 is 4.42 Å². The number of rotatable bonds is 5. The van der Waals surface area contributed by atoms with E-state index in [4.69, 9.17) is 4.42 Å². The molecular formula is C19H20N2O2S. The van der Waals surface area contributed by atoms with Gasteiger partial charge in [-0.15, -0.1) is 11.3 Å². The Hall–Kier alpha value is -2.40. The first-order valence-corrected chi connectivity index (χ1v) is 8.87. The molecule has 0 fully saturated rings. The maximum Gasteiger partial charge on any atom is 0.260 e. The number of hydrogen-bond donors (Lipinski definition) is 1. The molecule has 0 spiro atoms. The number of aryl methyl sites for hydroxylation is 1. The number of carbonyl (C=O) groups is 1. The summed E-state index contributed by atoms with van der Waals surface area (Å²) in [5, 5.41) is 5.36. The summed E-state index contributed by atoms with van der Waals surface area (Å²) in [7, 11) is 0. The molecule has 0 saturated heterocycles. The Labute approximate surface area is 145 Å². The predicted molar refractivity (Wildman–Crippen MR) is 97.7 cm³/mol. The van der Waals surface area contributed by atoms with Gasteiger partial charge in [-0.05, 0) is 30.9 Å². The lowest BCUT2D eigenvalue weighted by atomic mass is 9.97. The molecule has 0 aliphatic rings. The highest BCUT2D eigenvalue weighted by molar-refractivity contribution is 7.14. The number of hydrogen-bond acceptors (Lipinski definition) is 4. The standard InChI is InChI=1S/C19H20N2O2S/c1-4-12(2)14-5-7-15(8-6-14)17-11-24-19(20-17)21-18(22)16-9-10-23-13(16)3/h5-12H,4H2,1-3H3,(H,20,21,22)/t12-/m0/s1. The van der Waals surface area contributed by atoms with E-state index in [0.717, 1.165) is 17.7 Å². The van der Waals surface area contributed by atoms with Crippen molar-refractivity contribution in [3.63, 3.8) is 0 Å². The minimum Gasteiger partial charge on any atom is -0.469 e. The molecule has 1 atom stereocenters. The number of amides is 1. The number of thiazole rings is 1. The van der Waals surface area contributed by atoms with Crippen molar-refractivity contribution in [1.29, 1.82) is 0 Å². The molecule has 0 radical (unpaired) electrons. The smallest absolute Gasteiger partial charge is 0.260 e. The molecule has 124 valence electrons. The third kappa shape index (κ3) is 3.41. The molecule has 5 heteroatoms. The van der Waals surface area contributed by atoms with Crippen LogP contribution in [0.15, 0.2) is 46.4 Å². The number of anilines is 1. The summed E-state index contributed by atoms with van der Waals surface area (Å²) in [5.41, 5.74) is 3.79. The van der Waals surface area contributed by atoms with E-state index in [1.807, 2.05) is 5.38 Å². The average molecular weight is 340 g/mol. The molecule has 0 unspecified atom stereocenters. The number of benzene rings is 1. The molecule has 3 rings (SSSR count). The largest absolute Gasteiger partial charge is 0.469 e. The summed E-state index contributed by atoms with van der Waals surface area (Å²) in [6, 6.07) is 10.1. The highest BCUT2D eigenvalue weighted by Gasteiger charge is 2.14. The number of nitrogens with zero attached hydrogens (tertiary/aromatic N) is 1. The van der Waals surface area contributed by atoms with Crippen molar-refractivity contribution in [2.24, 2.45) is 0 Å². The zero-order valence-corrected chi connectivity index (χ0v) is 14.8. The topological polar surface area (TPSA) is 55.1 Å².